The number of carbonyl (C=O) groups excluding carboxylic acids is 1. The number of nitrogens with one attached hydrogen (secondary N) is 1. The molecule has 5 rings (SSSR count). The average Bonchev–Trinajstić information content (AvgIpc) is 3.30. The third-order valence-corrected chi connectivity index (χ3v) is 6.60. The van der Waals surface area contributed by atoms with E-state index in [2.05, 4.69) is 17.5 Å². The number of morpholine rings is 1. The van der Waals surface area contributed by atoms with Crippen LogP contribution in [0.15, 0.2) is 60.0 Å². The first-order valence-electron chi connectivity index (χ1n) is 11.4. The summed E-state index contributed by atoms with van der Waals surface area (Å²) in [6.45, 7) is 6.09. The first-order valence-corrected chi connectivity index (χ1v) is 12.3. The highest BCUT2D eigenvalue weighted by atomic mass is 32.1. The van der Waals surface area contributed by atoms with E-state index in [9.17, 15) is 4.79 Å². The zero-order chi connectivity index (χ0) is 23.3. The van der Waals surface area contributed by atoms with Crippen LogP contribution < -0.4 is 9.64 Å². The number of rotatable bonds is 7. The van der Waals surface area contributed by atoms with Gasteiger partial charge in [-0.25, -0.2) is 9.78 Å². The van der Waals surface area contributed by atoms with E-state index in [1.807, 2.05) is 24.3 Å². The molecule has 3 heterocycles. The number of hydrogen-bond donors (Lipinski definition) is 1. The standard InChI is InChI=1S/C26H25N3O4S/c1-2-32-26(30)19-10-6-7-11-21(19)33-24-23-20(18-8-4-3-5-9-18)17-34-25(23)28-22(27-24)16-29-12-14-31-15-13-29/h3-11,17H,2,12-16H2,1H3/p+1. The molecule has 0 spiro atoms. The van der Waals surface area contributed by atoms with Crippen molar-refractivity contribution in [3.63, 3.8) is 0 Å². The maximum atomic E-state index is 12.5. The van der Waals surface area contributed by atoms with Crippen LogP contribution in [-0.2, 0) is 16.0 Å². The highest BCUT2D eigenvalue weighted by Crippen LogP contribution is 2.40. The summed E-state index contributed by atoms with van der Waals surface area (Å²) in [7, 11) is 0. The summed E-state index contributed by atoms with van der Waals surface area (Å²) >= 11 is 1.57. The number of carbonyl (C=O) groups is 1. The summed E-state index contributed by atoms with van der Waals surface area (Å²) in [4.78, 5) is 24.5. The fourth-order valence-electron chi connectivity index (χ4n) is 4.03. The Labute approximate surface area is 201 Å². The monoisotopic (exact) mass is 476 g/mol. The van der Waals surface area contributed by atoms with Crippen LogP contribution in [0.4, 0.5) is 0 Å². The van der Waals surface area contributed by atoms with Gasteiger partial charge in [0, 0.05) is 10.9 Å². The van der Waals surface area contributed by atoms with Crippen LogP contribution in [0, 0.1) is 0 Å². The van der Waals surface area contributed by atoms with Gasteiger partial charge in [-0.05, 0) is 24.6 Å². The summed E-state index contributed by atoms with van der Waals surface area (Å²) in [6, 6.07) is 17.2. The lowest BCUT2D eigenvalue weighted by Crippen LogP contribution is -3.12. The molecule has 34 heavy (non-hydrogen) atoms. The molecular formula is C26H26N3O4S+. The normalized spacial score (nSPS) is 14.3. The second-order valence-corrected chi connectivity index (χ2v) is 8.86. The Kier molecular flexibility index (Phi) is 6.80. The number of hydrogen-bond acceptors (Lipinski definition) is 7. The summed E-state index contributed by atoms with van der Waals surface area (Å²) in [5.41, 5.74) is 2.44. The molecule has 1 aliphatic heterocycles. The fraction of sp³-hybridized carbons (Fsp3) is 0.269. The number of quaternary nitrogens is 1. The van der Waals surface area contributed by atoms with Crippen molar-refractivity contribution in [2.24, 2.45) is 0 Å². The number of ether oxygens (including phenoxy) is 3. The van der Waals surface area contributed by atoms with Crippen LogP contribution in [0.25, 0.3) is 21.3 Å². The quantitative estimate of drug-likeness (QED) is 0.410. The van der Waals surface area contributed by atoms with E-state index in [0.29, 0.717) is 30.3 Å². The Hall–Kier alpha value is -3.33. The van der Waals surface area contributed by atoms with Crippen molar-refractivity contribution in [2.45, 2.75) is 13.5 Å². The zero-order valence-corrected chi connectivity index (χ0v) is 19.8. The molecule has 2 aromatic heterocycles. The van der Waals surface area contributed by atoms with Crippen LogP contribution in [0.1, 0.15) is 23.1 Å². The molecule has 0 bridgehead atoms. The number of benzene rings is 2. The number of aromatic nitrogens is 2. The largest absolute Gasteiger partial charge is 0.462 e. The van der Waals surface area contributed by atoms with E-state index in [-0.39, 0.29) is 0 Å². The predicted molar refractivity (Wildman–Crippen MR) is 131 cm³/mol. The van der Waals surface area contributed by atoms with Gasteiger partial charge in [0.2, 0.25) is 5.88 Å². The average molecular weight is 477 g/mol. The molecule has 4 aromatic rings. The fourth-order valence-corrected chi connectivity index (χ4v) is 4.99. The molecule has 1 saturated heterocycles. The lowest BCUT2D eigenvalue weighted by atomic mass is 10.1. The molecule has 0 amide bonds. The van der Waals surface area contributed by atoms with Gasteiger partial charge >= 0.3 is 5.97 Å². The Morgan fingerprint density at radius 2 is 1.82 bits per heavy atom. The minimum absolute atomic E-state index is 0.292. The van der Waals surface area contributed by atoms with E-state index in [4.69, 9.17) is 24.2 Å². The first kappa shape index (κ1) is 22.5. The topological polar surface area (TPSA) is 75.0 Å². The Morgan fingerprint density at radius 3 is 2.62 bits per heavy atom. The lowest BCUT2D eigenvalue weighted by Gasteiger charge is -2.23. The van der Waals surface area contributed by atoms with Gasteiger partial charge in [0.15, 0.2) is 5.82 Å². The summed E-state index contributed by atoms with van der Waals surface area (Å²) in [5, 5.41) is 2.93. The van der Waals surface area contributed by atoms with Gasteiger partial charge in [0.05, 0.1) is 25.2 Å². The van der Waals surface area contributed by atoms with Crippen molar-refractivity contribution in [1.82, 2.24) is 9.97 Å². The summed E-state index contributed by atoms with van der Waals surface area (Å²) in [5.74, 6) is 1.16. The van der Waals surface area contributed by atoms with E-state index in [1.54, 1.807) is 36.5 Å². The third kappa shape index (κ3) is 4.79. The molecule has 174 valence electrons. The van der Waals surface area contributed by atoms with Gasteiger partial charge in [-0.1, -0.05) is 42.5 Å². The molecule has 0 saturated carbocycles. The SMILES string of the molecule is CCOC(=O)c1ccccc1Oc1nc(C[NH+]2CCOCC2)nc2scc(-c3ccccc3)c12. The van der Waals surface area contributed by atoms with Crippen molar-refractivity contribution >= 4 is 27.5 Å². The van der Waals surface area contributed by atoms with Crippen molar-refractivity contribution in [2.75, 3.05) is 32.9 Å². The van der Waals surface area contributed by atoms with E-state index < -0.39 is 5.97 Å². The van der Waals surface area contributed by atoms with E-state index in [0.717, 1.165) is 53.5 Å². The molecule has 0 aliphatic carbocycles. The van der Waals surface area contributed by atoms with Crippen LogP contribution in [0.5, 0.6) is 11.6 Å². The Bertz CT molecular complexity index is 1290. The number of nitrogens with zero attached hydrogens (tertiary/aromatic N) is 2. The number of thiophene rings is 1. The molecule has 0 radical (unpaired) electrons. The van der Waals surface area contributed by atoms with Gasteiger partial charge in [-0.2, -0.15) is 4.98 Å². The lowest BCUT2D eigenvalue weighted by molar-refractivity contribution is -0.922. The second-order valence-electron chi connectivity index (χ2n) is 8.00. The minimum Gasteiger partial charge on any atom is -0.462 e. The molecule has 8 heteroatoms. The molecule has 0 unspecified atom stereocenters. The zero-order valence-electron chi connectivity index (χ0n) is 19.0. The molecule has 1 N–H and O–H groups in total. The van der Waals surface area contributed by atoms with Gasteiger partial charge < -0.3 is 19.1 Å². The van der Waals surface area contributed by atoms with Crippen molar-refractivity contribution < 1.29 is 23.9 Å². The molecule has 1 fully saturated rings. The highest BCUT2D eigenvalue weighted by Gasteiger charge is 2.22. The Balaban J connectivity index is 1.59. The van der Waals surface area contributed by atoms with Crippen LogP contribution in [0.2, 0.25) is 0 Å². The number of esters is 1. The predicted octanol–water partition coefficient (Wildman–Crippen LogP) is 3.74. The van der Waals surface area contributed by atoms with Crippen molar-refractivity contribution in [3.05, 3.63) is 71.4 Å². The minimum atomic E-state index is -0.421. The van der Waals surface area contributed by atoms with Crippen LogP contribution in [0.3, 0.4) is 0 Å². The van der Waals surface area contributed by atoms with E-state index >= 15 is 0 Å². The third-order valence-electron chi connectivity index (χ3n) is 5.73. The van der Waals surface area contributed by atoms with Crippen molar-refractivity contribution in [1.29, 1.82) is 0 Å². The smallest absolute Gasteiger partial charge is 0.341 e. The molecule has 2 aromatic carbocycles. The molecule has 7 nitrogen and oxygen atoms in total. The second kappa shape index (κ2) is 10.3. The first-order chi connectivity index (χ1) is 16.7. The van der Waals surface area contributed by atoms with Gasteiger partial charge in [0.25, 0.3) is 0 Å². The highest BCUT2D eigenvalue weighted by molar-refractivity contribution is 7.17. The van der Waals surface area contributed by atoms with Crippen molar-refractivity contribution in [3.8, 4) is 22.8 Å². The summed E-state index contributed by atoms with van der Waals surface area (Å²) in [6.07, 6.45) is 0. The molecule has 0 atom stereocenters. The number of para-hydroxylation sites is 1. The molecular weight excluding hydrogens is 450 g/mol. The van der Waals surface area contributed by atoms with Crippen LogP contribution >= 0.6 is 11.3 Å². The van der Waals surface area contributed by atoms with Gasteiger partial charge in [-0.3, -0.25) is 0 Å². The van der Waals surface area contributed by atoms with Crippen LogP contribution in [-0.4, -0.2) is 48.8 Å². The summed E-state index contributed by atoms with van der Waals surface area (Å²) < 4.78 is 17.1. The Morgan fingerprint density at radius 1 is 1.06 bits per heavy atom. The van der Waals surface area contributed by atoms with Gasteiger partial charge in [0.1, 0.15) is 35.8 Å². The number of fused-ring (bicyclic) bond motifs is 1. The molecule has 1 aliphatic rings. The maximum absolute atomic E-state index is 12.5. The van der Waals surface area contributed by atoms with E-state index in [1.165, 1.54) is 4.90 Å². The maximum Gasteiger partial charge on any atom is 0.341 e. The van der Waals surface area contributed by atoms with Gasteiger partial charge in [-0.15, -0.1) is 11.3 Å².